The van der Waals surface area contributed by atoms with Gasteiger partial charge in [0, 0.05) is 43.9 Å². The van der Waals surface area contributed by atoms with E-state index in [0.717, 1.165) is 19.5 Å². The molecule has 2 N–H and O–H groups in total. The van der Waals surface area contributed by atoms with Gasteiger partial charge in [0.15, 0.2) is 5.82 Å². The minimum atomic E-state index is 0.984. The van der Waals surface area contributed by atoms with Crippen molar-refractivity contribution in [2.24, 2.45) is 0 Å². The molecule has 1 saturated heterocycles. The van der Waals surface area contributed by atoms with Gasteiger partial charge in [-0.05, 0) is 12.8 Å². The highest BCUT2D eigenvalue weighted by Crippen LogP contribution is 2.26. The summed E-state index contributed by atoms with van der Waals surface area (Å²) >= 11 is 0. The molecule has 0 spiro atoms. The molecule has 4 nitrogen and oxygen atoms in total. The molecule has 0 bridgehead atoms. The summed E-state index contributed by atoms with van der Waals surface area (Å²) in [5, 5.41) is 11.0. The van der Waals surface area contributed by atoms with Crippen LogP contribution in [0.3, 0.4) is 0 Å². The van der Waals surface area contributed by atoms with Gasteiger partial charge in [-0.15, -0.1) is 0 Å². The molecule has 2 aliphatic rings. The summed E-state index contributed by atoms with van der Waals surface area (Å²) in [4.78, 5) is 2.41. The second-order valence-electron chi connectivity index (χ2n) is 4.13. The minimum absolute atomic E-state index is 0.984. The second-order valence-corrected chi connectivity index (χ2v) is 4.13. The minimum Gasteiger partial charge on any atom is -0.355 e. The maximum absolute atomic E-state index is 4.44. The quantitative estimate of drug-likeness (QED) is 0.687. The van der Waals surface area contributed by atoms with Gasteiger partial charge in [0.1, 0.15) is 0 Å². The van der Waals surface area contributed by atoms with Crippen molar-refractivity contribution < 1.29 is 0 Å². The Morgan fingerprint density at radius 3 is 2.93 bits per heavy atom. The van der Waals surface area contributed by atoms with Crippen molar-refractivity contribution >= 4 is 5.82 Å². The Balaban J connectivity index is 1.93. The summed E-state index contributed by atoms with van der Waals surface area (Å²) in [6, 6.07) is 0. The fourth-order valence-electron chi connectivity index (χ4n) is 2.40. The highest BCUT2D eigenvalue weighted by molar-refractivity contribution is 5.50. The van der Waals surface area contributed by atoms with Crippen LogP contribution >= 0.6 is 0 Å². The number of anilines is 1. The summed E-state index contributed by atoms with van der Waals surface area (Å²) in [6.45, 7) is 4.42. The molecule has 0 unspecified atom stereocenters. The standard InChI is InChI=1S/C10H16N4/c1-2-6-14(5-1)10-8-7-11-4-3-9(8)12-13-10/h11H,1-7H2,(H,12,13). The molecule has 0 aromatic carbocycles. The lowest BCUT2D eigenvalue weighted by molar-refractivity contribution is 0.636. The third-order valence-corrected chi connectivity index (χ3v) is 3.19. The molecule has 14 heavy (non-hydrogen) atoms. The fraction of sp³-hybridized carbons (Fsp3) is 0.700. The number of aromatic nitrogens is 2. The van der Waals surface area contributed by atoms with Gasteiger partial charge in [-0.1, -0.05) is 0 Å². The molecule has 1 aromatic heterocycles. The zero-order chi connectivity index (χ0) is 9.38. The van der Waals surface area contributed by atoms with E-state index < -0.39 is 0 Å². The Morgan fingerprint density at radius 2 is 2.07 bits per heavy atom. The summed E-state index contributed by atoms with van der Waals surface area (Å²) < 4.78 is 0. The predicted molar refractivity (Wildman–Crippen MR) is 55.4 cm³/mol. The van der Waals surface area contributed by atoms with Crippen LogP contribution in [0, 0.1) is 0 Å². The van der Waals surface area contributed by atoms with Crippen LogP contribution in [0.15, 0.2) is 0 Å². The smallest absolute Gasteiger partial charge is 0.155 e. The first kappa shape index (κ1) is 8.29. The van der Waals surface area contributed by atoms with Crippen molar-refractivity contribution in [3.05, 3.63) is 11.3 Å². The Labute approximate surface area is 83.7 Å². The van der Waals surface area contributed by atoms with Gasteiger partial charge in [0.05, 0.1) is 0 Å². The van der Waals surface area contributed by atoms with Crippen LogP contribution in [0.4, 0.5) is 5.82 Å². The normalized spacial score (nSPS) is 21.3. The van der Waals surface area contributed by atoms with Gasteiger partial charge in [0.25, 0.3) is 0 Å². The van der Waals surface area contributed by atoms with Gasteiger partial charge in [-0.3, -0.25) is 5.10 Å². The summed E-state index contributed by atoms with van der Waals surface area (Å²) in [5.41, 5.74) is 2.74. The zero-order valence-corrected chi connectivity index (χ0v) is 8.34. The third-order valence-electron chi connectivity index (χ3n) is 3.19. The maximum atomic E-state index is 4.44. The molecular weight excluding hydrogens is 176 g/mol. The van der Waals surface area contributed by atoms with Crippen molar-refractivity contribution in [3.8, 4) is 0 Å². The van der Waals surface area contributed by atoms with Crippen molar-refractivity contribution in [1.82, 2.24) is 15.5 Å². The first-order chi connectivity index (χ1) is 6.95. The lowest BCUT2D eigenvalue weighted by atomic mass is 10.1. The Morgan fingerprint density at radius 1 is 1.21 bits per heavy atom. The van der Waals surface area contributed by atoms with Crippen LogP contribution in [0.1, 0.15) is 24.1 Å². The van der Waals surface area contributed by atoms with Crippen molar-refractivity contribution in [1.29, 1.82) is 0 Å². The highest BCUT2D eigenvalue weighted by Gasteiger charge is 2.22. The SMILES string of the molecule is C1CCN(c2n[nH]c3c2CNCC3)C1. The van der Waals surface area contributed by atoms with Crippen LogP contribution in [-0.2, 0) is 13.0 Å². The Bertz CT molecular complexity index is 325. The number of rotatable bonds is 1. The van der Waals surface area contributed by atoms with Crippen molar-refractivity contribution in [3.63, 3.8) is 0 Å². The molecule has 0 radical (unpaired) electrons. The molecule has 4 heteroatoms. The first-order valence-electron chi connectivity index (χ1n) is 5.47. The van der Waals surface area contributed by atoms with Gasteiger partial charge < -0.3 is 10.2 Å². The summed E-state index contributed by atoms with van der Waals surface area (Å²) in [7, 11) is 0. The Kier molecular flexibility index (Phi) is 1.94. The Hall–Kier alpha value is -1.03. The van der Waals surface area contributed by atoms with E-state index in [1.165, 1.54) is 43.0 Å². The van der Waals surface area contributed by atoms with Gasteiger partial charge in [0.2, 0.25) is 0 Å². The number of fused-ring (bicyclic) bond motifs is 1. The number of hydrogen-bond acceptors (Lipinski definition) is 3. The van der Waals surface area contributed by atoms with E-state index in [2.05, 4.69) is 20.4 Å². The molecule has 3 heterocycles. The van der Waals surface area contributed by atoms with Crippen molar-refractivity contribution in [2.75, 3.05) is 24.5 Å². The molecule has 0 amide bonds. The van der Waals surface area contributed by atoms with Gasteiger partial charge in [-0.25, -0.2) is 0 Å². The molecule has 0 atom stereocenters. The molecular formula is C10H16N4. The van der Waals surface area contributed by atoms with Crippen LogP contribution in [0.5, 0.6) is 0 Å². The first-order valence-corrected chi connectivity index (χ1v) is 5.47. The zero-order valence-electron chi connectivity index (χ0n) is 8.34. The lowest BCUT2D eigenvalue weighted by Gasteiger charge is -2.19. The molecule has 0 saturated carbocycles. The third kappa shape index (κ3) is 1.21. The van der Waals surface area contributed by atoms with Crippen LogP contribution < -0.4 is 10.2 Å². The number of hydrogen-bond donors (Lipinski definition) is 2. The summed E-state index contributed by atoms with van der Waals surface area (Å²) in [5.74, 6) is 1.20. The molecule has 1 fully saturated rings. The van der Waals surface area contributed by atoms with E-state index in [0.29, 0.717) is 0 Å². The van der Waals surface area contributed by atoms with Crippen LogP contribution in [0.2, 0.25) is 0 Å². The highest BCUT2D eigenvalue weighted by atomic mass is 15.3. The molecule has 3 rings (SSSR count). The van der Waals surface area contributed by atoms with Gasteiger partial charge in [-0.2, -0.15) is 5.10 Å². The molecule has 2 aliphatic heterocycles. The monoisotopic (exact) mass is 192 g/mol. The summed E-state index contributed by atoms with van der Waals surface area (Å²) in [6.07, 6.45) is 3.72. The maximum Gasteiger partial charge on any atom is 0.155 e. The van der Waals surface area contributed by atoms with Gasteiger partial charge >= 0.3 is 0 Å². The molecule has 0 aliphatic carbocycles. The van der Waals surface area contributed by atoms with E-state index in [1.54, 1.807) is 0 Å². The van der Waals surface area contributed by atoms with E-state index in [9.17, 15) is 0 Å². The predicted octanol–water partition coefficient (Wildman–Crippen LogP) is 0.656. The topological polar surface area (TPSA) is 44.0 Å². The van der Waals surface area contributed by atoms with E-state index in [-0.39, 0.29) is 0 Å². The average molecular weight is 192 g/mol. The average Bonchev–Trinajstić information content (AvgIpc) is 2.85. The van der Waals surface area contributed by atoms with E-state index in [1.807, 2.05) is 0 Å². The molecule has 76 valence electrons. The lowest BCUT2D eigenvalue weighted by Crippen LogP contribution is -2.26. The van der Waals surface area contributed by atoms with Crippen LogP contribution in [0.25, 0.3) is 0 Å². The molecule has 1 aromatic rings. The largest absolute Gasteiger partial charge is 0.355 e. The second kappa shape index (κ2) is 3.28. The number of aromatic amines is 1. The number of nitrogens with zero attached hydrogens (tertiary/aromatic N) is 2. The van der Waals surface area contributed by atoms with E-state index >= 15 is 0 Å². The van der Waals surface area contributed by atoms with Crippen LogP contribution in [-0.4, -0.2) is 29.8 Å². The van der Waals surface area contributed by atoms with Crippen molar-refractivity contribution in [2.45, 2.75) is 25.8 Å². The number of nitrogens with one attached hydrogen (secondary N) is 2. The van der Waals surface area contributed by atoms with E-state index in [4.69, 9.17) is 0 Å². The number of H-pyrrole nitrogens is 1. The fourth-order valence-corrected chi connectivity index (χ4v) is 2.40.